The molecule has 1 aliphatic carbocycles. The van der Waals surface area contributed by atoms with Gasteiger partial charge in [0.15, 0.2) is 5.82 Å². The molecule has 6 heteroatoms. The van der Waals surface area contributed by atoms with Crippen molar-refractivity contribution in [3.05, 3.63) is 34.1 Å². The van der Waals surface area contributed by atoms with Crippen molar-refractivity contribution in [1.29, 1.82) is 0 Å². The number of hydrogen-bond donors (Lipinski definition) is 2. The topological polar surface area (TPSA) is 71.2 Å². The van der Waals surface area contributed by atoms with Gasteiger partial charge in [0.25, 0.3) is 0 Å². The fraction of sp³-hybridized carbons (Fsp3) is 0.647. The summed E-state index contributed by atoms with van der Waals surface area (Å²) in [7, 11) is 0. The molecule has 0 radical (unpaired) electrons. The van der Waals surface area contributed by atoms with Crippen LogP contribution in [0.2, 0.25) is 0 Å². The van der Waals surface area contributed by atoms with Gasteiger partial charge in [-0.25, -0.2) is 0 Å². The van der Waals surface area contributed by atoms with Gasteiger partial charge < -0.3 is 14.9 Å². The molecule has 0 bridgehead atoms. The summed E-state index contributed by atoms with van der Waals surface area (Å²) in [5.41, 5.74) is 0.181. The minimum absolute atomic E-state index is 0.387. The van der Waals surface area contributed by atoms with E-state index in [1.807, 2.05) is 30.7 Å². The smallest absolute Gasteiger partial charge is 0.229 e. The van der Waals surface area contributed by atoms with E-state index < -0.39 is 5.60 Å². The molecule has 1 atom stereocenters. The summed E-state index contributed by atoms with van der Waals surface area (Å²) in [4.78, 5) is 4.46. The minimum Gasteiger partial charge on any atom is -0.384 e. The van der Waals surface area contributed by atoms with Crippen LogP contribution < -0.4 is 5.32 Å². The van der Waals surface area contributed by atoms with Crippen molar-refractivity contribution in [3.8, 4) is 0 Å². The Balaban J connectivity index is 1.48. The average molecular weight is 335 g/mol. The molecule has 3 rings (SSSR count). The van der Waals surface area contributed by atoms with E-state index in [2.05, 4.69) is 15.5 Å². The fourth-order valence-corrected chi connectivity index (χ4v) is 3.92. The third-order valence-electron chi connectivity index (χ3n) is 4.75. The quantitative estimate of drug-likeness (QED) is 0.848. The summed E-state index contributed by atoms with van der Waals surface area (Å²) >= 11 is 1.62. The van der Waals surface area contributed by atoms with Crippen molar-refractivity contribution in [3.63, 3.8) is 0 Å². The van der Waals surface area contributed by atoms with E-state index in [0.717, 1.165) is 49.4 Å². The fourth-order valence-electron chi connectivity index (χ4n) is 3.14. The molecule has 1 fully saturated rings. The molecule has 2 N–H and O–H groups in total. The first-order valence-electron chi connectivity index (χ1n) is 8.39. The molecular weight excluding hydrogens is 310 g/mol. The largest absolute Gasteiger partial charge is 0.384 e. The molecule has 126 valence electrons. The van der Waals surface area contributed by atoms with Crippen molar-refractivity contribution >= 4 is 11.3 Å². The zero-order valence-corrected chi connectivity index (χ0v) is 14.6. The Hall–Kier alpha value is -1.24. The molecule has 1 aliphatic rings. The van der Waals surface area contributed by atoms with E-state index in [0.29, 0.717) is 18.5 Å². The first-order chi connectivity index (χ1) is 11.1. The van der Waals surface area contributed by atoms with Gasteiger partial charge in [-0.1, -0.05) is 12.1 Å². The molecule has 1 unspecified atom stereocenters. The van der Waals surface area contributed by atoms with Crippen LogP contribution in [0, 0.1) is 0 Å². The van der Waals surface area contributed by atoms with Crippen molar-refractivity contribution in [2.75, 3.05) is 6.54 Å². The summed E-state index contributed by atoms with van der Waals surface area (Å²) in [6.07, 6.45) is 5.09. The van der Waals surface area contributed by atoms with Gasteiger partial charge >= 0.3 is 0 Å². The van der Waals surface area contributed by atoms with Crippen molar-refractivity contribution in [2.24, 2.45) is 0 Å². The Bertz CT molecular complexity index is 601. The molecule has 0 aromatic carbocycles. The maximum Gasteiger partial charge on any atom is 0.229 e. The number of rotatable bonds is 6. The molecule has 0 aliphatic heterocycles. The monoisotopic (exact) mass is 335 g/mol. The van der Waals surface area contributed by atoms with E-state index in [4.69, 9.17) is 4.52 Å². The number of aromatic nitrogens is 2. The molecule has 2 aromatic heterocycles. The van der Waals surface area contributed by atoms with Crippen LogP contribution in [-0.4, -0.2) is 27.8 Å². The Labute approximate surface area is 141 Å². The van der Waals surface area contributed by atoms with Gasteiger partial charge in [-0.15, -0.1) is 0 Å². The van der Waals surface area contributed by atoms with Gasteiger partial charge in [-0.05, 0) is 55.0 Å². The highest BCUT2D eigenvalue weighted by atomic mass is 32.1. The zero-order valence-electron chi connectivity index (χ0n) is 13.8. The number of hydrogen-bond acceptors (Lipinski definition) is 6. The summed E-state index contributed by atoms with van der Waals surface area (Å²) in [5.74, 6) is 1.98. The number of aliphatic hydroxyl groups is 1. The lowest BCUT2D eigenvalue weighted by atomic mass is 9.85. The Morgan fingerprint density at radius 1 is 1.39 bits per heavy atom. The van der Waals surface area contributed by atoms with Crippen LogP contribution >= 0.6 is 11.3 Å². The Morgan fingerprint density at radius 2 is 2.17 bits per heavy atom. The maximum absolute atomic E-state index is 10.6. The lowest BCUT2D eigenvalue weighted by Crippen LogP contribution is -2.42. The molecular formula is C17H25N3O2S. The third kappa shape index (κ3) is 4.00. The van der Waals surface area contributed by atoms with Crippen molar-refractivity contribution in [1.82, 2.24) is 15.5 Å². The van der Waals surface area contributed by atoms with Crippen LogP contribution in [-0.2, 0) is 12.0 Å². The van der Waals surface area contributed by atoms with Crippen LogP contribution in [0.1, 0.15) is 62.7 Å². The van der Waals surface area contributed by atoms with Crippen LogP contribution in [0.3, 0.4) is 0 Å². The zero-order chi connectivity index (χ0) is 16.3. The van der Waals surface area contributed by atoms with E-state index in [9.17, 15) is 5.11 Å². The number of nitrogens with zero attached hydrogens (tertiary/aromatic N) is 2. The minimum atomic E-state index is -0.806. The molecule has 23 heavy (non-hydrogen) atoms. The number of thiophene rings is 1. The maximum atomic E-state index is 10.6. The summed E-state index contributed by atoms with van der Waals surface area (Å²) < 4.78 is 5.37. The van der Waals surface area contributed by atoms with Crippen LogP contribution in [0.25, 0.3) is 0 Å². The van der Waals surface area contributed by atoms with Gasteiger partial charge in [0, 0.05) is 24.9 Å². The Morgan fingerprint density at radius 3 is 2.78 bits per heavy atom. The SMILES string of the molecule is CCc1noc(C2CCC(NCC(C)(O)c3ccsc3)CC2)n1. The van der Waals surface area contributed by atoms with Crippen LogP contribution in [0.5, 0.6) is 0 Å². The van der Waals surface area contributed by atoms with E-state index in [-0.39, 0.29) is 0 Å². The van der Waals surface area contributed by atoms with Gasteiger partial charge in [-0.2, -0.15) is 16.3 Å². The molecule has 0 amide bonds. The van der Waals surface area contributed by atoms with Gasteiger partial charge in [0.1, 0.15) is 0 Å². The number of nitrogens with one attached hydrogen (secondary N) is 1. The van der Waals surface area contributed by atoms with Crippen molar-refractivity contribution < 1.29 is 9.63 Å². The highest BCUT2D eigenvalue weighted by Gasteiger charge is 2.29. The lowest BCUT2D eigenvalue weighted by molar-refractivity contribution is 0.0522. The van der Waals surface area contributed by atoms with E-state index in [1.54, 1.807) is 11.3 Å². The Kier molecular flexibility index (Phi) is 5.14. The number of aryl methyl sites for hydroxylation is 1. The normalized spacial score (nSPS) is 24.5. The van der Waals surface area contributed by atoms with Gasteiger partial charge in [0.05, 0.1) is 5.60 Å². The third-order valence-corrected chi connectivity index (χ3v) is 5.44. The average Bonchev–Trinajstić information content (AvgIpc) is 3.25. The first kappa shape index (κ1) is 16.6. The second-order valence-electron chi connectivity index (χ2n) is 6.62. The highest BCUT2D eigenvalue weighted by Crippen LogP contribution is 2.32. The molecule has 5 nitrogen and oxygen atoms in total. The second kappa shape index (κ2) is 7.11. The molecule has 2 aromatic rings. The molecule has 0 saturated heterocycles. The van der Waals surface area contributed by atoms with E-state index in [1.165, 1.54) is 0 Å². The van der Waals surface area contributed by atoms with Gasteiger partial charge in [0.2, 0.25) is 5.89 Å². The molecule has 0 spiro atoms. The van der Waals surface area contributed by atoms with Crippen molar-refractivity contribution in [2.45, 2.75) is 63.5 Å². The molecule has 2 heterocycles. The summed E-state index contributed by atoms with van der Waals surface area (Å²) in [6.45, 7) is 4.49. The van der Waals surface area contributed by atoms with Crippen LogP contribution in [0.4, 0.5) is 0 Å². The molecule has 1 saturated carbocycles. The van der Waals surface area contributed by atoms with Gasteiger partial charge in [-0.3, -0.25) is 0 Å². The predicted molar refractivity (Wildman–Crippen MR) is 90.6 cm³/mol. The summed E-state index contributed by atoms with van der Waals surface area (Å²) in [5, 5.41) is 22.1. The lowest BCUT2D eigenvalue weighted by Gasteiger charge is -2.31. The van der Waals surface area contributed by atoms with E-state index >= 15 is 0 Å². The summed E-state index contributed by atoms with van der Waals surface area (Å²) in [6, 6.07) is 2.44. The van der Waals surface area contributed by atoms with Crippen LogP contribution in [0.15, 0.2) is 21.3 Å². The second-order valence-corrected chi connectivity index (χ2v) is 7.40. The standard InChI is InChI=1S/C17H25N3O2S/c1-3-15-19-16(22-20-15)12-4-6-14(7-5-12)18-11-17(2,21)13-8-9-23-10-13/h8-10,12,14,18,21H,3-7,11H2,1-2H3. The highest BCUT2D eigenvalue weighted by molar-refractivity contribution is 7.08. The predicted octanol–water partition coefficient (Wildman–Crippen LogP) is 3.22. The first-order valence-corrected chi connectivity index (χ1v) is 9.33.